The van der Waals surface area contributed by atoms with Crippen molar-refractivity contribution in [3.8, 4) is 0 Å². The van der Waals surface area contributed by atoms with Gasteiger partial charge in [-0.15, -0.1) is 0 Å². The third-order valence-corrected chi connectivity index (χ3v) is 5.01. The smallest absolute Gasteiger partial charge is 0.325 e. The molecular formula is C18H22ClN3O4. The Balaban J connectivity index is 1.75. The molecule has 8 heteroatoms. The van der Waals surface area contributed by atoms with E-state index in [1.165, 1.54) is 0 Å². The van der Waals surface area contributed by atoms with Crippen molar-refractivity contribution in [1.29, 1.82) is 0 Å². The van der Waals surface area contributed by atoms with Crippen LogP contribution in [0.15, 0.2) is 24.3 Å². The zero-order chi connectivity index (χ0) is 19.1. The molecule has 0 aromatic heterocycles. The number of hydrogen-bond donors (Lipinski definition) is 1. The highest BCUT2D eigenvalue weighted by Gasteiger charge is 2.49. The molecule has 2 fully saturated rings. The zero-order valence-corrected chi connectivity index (χ0v) is 15.7. The minimum absolute atomic E-state index is 0.0786. The van der Waals surface area contributed by atoms with Gasteiger partial charge in [0, 0.05) is 18.1 Å². The third-order valence-electron chi connectivity index (χ3n) is 4.76. The predicted octanol–water partition coefficient (Wildman–Crippen LogP) is 1.74. The molecule has 0 aliphatic carbocycles. The molecule has 1 aromatic rings. The summed E-state index contributed by atoms with van der Waals surface area (Å²) in [6, 6.07) is 6.13. The Morgan fingerprint density at radius 3 is 2.38 bits per heavy atom. The van der Waals surface area contributed by atoms with Crippen molar-refractivity contribution >= 4 is 29.4 Å². The van der Waals surface area contributed by atoms with E-state index in [1.807, 2.05) is 13.8 Å². The van der Waals surface area contributed by atoms with E-state index in [4.69, 9.17) is 16.3 Å². The van der Waals surface area contributed by atoms with Crippen LogP contribution in [0.2, 0.25) is 5.02 Å². The average molecular weight is 380 g/mol. The van der Waals surface area contributed by atoms with Crippen molar-refractivity contribution < 1.29 is 19.1 Å². The number of nitrogens with zero attached hydrogens (tertiary/aromatic N) is 2. The van der Waals surface area contributed by atoms with Gasteiger partial charge in [0.15, 0.2) is 0 Å². The number of carbonyl (C=O) groups is 3. The fourth-order valence-corrected chi connectivity index (χ4v) is 3.56. The van der Waals surface area contributed by atoms with E-state index in [0.717, 1.165) is 4.90 Å². The molecule has 2 saturated heterocycles. The van der Waals surface area contributed by atoms with Gasteiger partial charge in [0.2, 0.25) is 5.91 Å². The summed E-state index contributed by atoms with van der Waals surface area (Å²) >= 11 is 5.89. The highest BCUT2D eigenvalue weighted by Crippen LogP contribution is 2.29. The van der Waals surface area contributed by atoms with E-state index in [9.17, 15) is 14.4 Å². The maximum Gasteiger partial charge on any atom is 0.325 e. The molecule has 0 unspecified atom stereocenters. The number of halogens is 1. The molecule has 7 nitrogen and oxygen atoms in total. The number of nitrogens with one attached hydrogen (secondary N) is 1. The first-order chi connectivity index (χ1) is 12.2. The second-order valence-electron chi connectivity index (χ2n) is 7.01. The van der Waals surface area contributed by atoms with Gasteiger partial charge in [0.25, 0.3) is 5.91 Å². The minimum atomic E-state index is -1.21. The molecule has 3 rings (SSSR count). The van der Waals surface area contributed by atoms with Crippen LogP contribution in [0.5, 0.6) is 0 Å². The number of amides is 4. The highest BCUT2D eigenvalue weighted by molar-refractivity contribution is 6.30. The van der Waals surface area contributed by atoms with Crippen molar-refractivity contribution in [1.82, 2.24) is 15.1 Å². The molecule has 2 aliphatic heterocycles. The SMILES string of the molecule is C[C@@H]1CN(C(=O)CN2C(=O)N[C@@](C)(c3ccc(Cl)cc3)C2=O)C[C@H](C)O1. The zero-order valence-electron chi connectivity index (χ0n) is 15.0. The third kappa shape index (κ3) is 3.41. The second-order valence-corrected chi connectivity index (χ2v) is 7.45. The number of urea groups is 1. The first-order valence-electron chi connectivity index (χ1n) is 8.54. The van der Waals surface area contributed by atoms with Crippen LogP contribution in [0.1, 0.15) is 26.3 Å². The van der Waals surface area contributed by atoms with Crippen LogP contribution in [0.25, 0.3) is 0 Å². The first kappa shape index (κ1) is 18.7. The Bertz CT molecular complexity index is 728. The number of ether oxygens (including phenoxy) is 1. The maximum atomic E-state index is 12.9. The van der Waals surface area contributed by atoms with Gasteiger partial charge in [0.1, 0.15) is 12.1 Å². The van der Waals surface area contributed by atoms with Gasteiger partial charge < -0.3 is 15.0 Å². The van der Waals surface area contributed by atoms with Crippen LogP contribution in [0.4, 0.5) is 4.79 Å². The Hall–Kier alpha value is -2.12. The topological polar surface area (TPSA) is 79.0 Å². The van der Waals surface area contributed by atoms with Gasteiger partial charge in [0.05, 0.1) is 12.2 Å². The minimum Gasteiger partial charge on any atom is -0.372 e. The van der Waals surface area contributed by atoms with Gasteiger partial charge in [-0.1, -0.05) is 23.7 Å². The van der Waals surface area contributed by atoms with Crippen LogP contribution >= 0.6 is 11.6 Å². The van der Waals surface area contributed by atoms with E-state index < -0.39 is 17.5 Å². The summed E-state index contributed by atoms with van der Waals surface area (Å²) in [5, 5.41) is 3.23. The molecule has 0 radical (unpaired) electrons. The Kier molecular flexibility index (Phi) is 4.94. The van der Waals surface area contributed by atoms with E-state index >= 15 is 0 Å². The van der Waals surface area contributed by atoms with E-state index in [0.29, 0.717) is 23.7 Å². The van der Waals surface area contributed by atoms with Gasteiger partial charge in [-0.05, 0) is 38.5 Å². The van der Waals surface area contributed by atoms with Crippen LogP contribution in [-0.2, 0) is 19.9 Å². The molecule has 1 N–H and O–H groups in total. The van der Waals surface area contributed by atoms with E-state index in [-0.39, 0.29) is 24.7 Å². The summed E-state index contributed by atoms with van der Waals surface area (Å²) < 4.78 is 5.61. The molecule has 140 valence electrons. The van der Waals surface area contributed by atoms with Gasteiger partial charge >= 0.3 is 6.03 Å². The first-order valence-corrected chi connectivity index (χ1v) is 8.92. The molecule has 0 saturated carbocycles. The van der Waals surface area contributed by atoms with Crippen molar-refractivity contribution in [3.63, 3.8) is 0 Å². The van der Waals surface area contributed by atoms with Crippen LogP contribution in [0.3, 0.4) is 0 Å². The summed E-state index contributed by atoms with van der Waals surface area (Å²) in [6.45, 7) is 6.01. The van der Waals surface area contributed by atoms with Crippen molar-refractivity contribution in [2.45, 2.75) is 38.5 Å². The Labute approximate surface area is 157 Å². The molecule has 2 aliphatic rings. The Morgan fingerprint density at radius 1 is 1.23 bits per heavy atom. The van der Waals surface area contributed by atoms with Crippen LogP contribution < -0.4 is 5.32 Å². The van der Waals surface area contributed by atoms with Crippen LogP contribution in [-0.4, -0.2) is 59.5 Å². The lowest BCUT2D eigenvalue weighted by Crippen LogP contribution is -2.52. The maximum absolute atomic E-state index is 12.9. The number of hydrogen-bond acceptors (Lipinski definition) is 4. The summed E-state index contributed by atoms with van der Waals surface area (Å²) in [4.78, 5) is 40.5. The highest BCUT2D eigenvalue weighted by atomic mass is 35.5. The lowest BCUT2D eigenvalue weighted by molar-refractivity contribution is -0.146. The van der Waals surface area contributed by atoms with E-state index in [1.54, 1.807) is 36.1 Å². The van der Waals surface area contributed by atoms with Gasteiger partial charge in [-0.2, -0.15) is 0 Å². The molecular weight excluding hydrogens is 358 g/mol. The largest absolute Gasteiger partial charge is 0.372 e. The van der Waals surface area contributed by atoms with Gasteiger partial charge in [-0.25, -0.2) is 4.79 Å². The number of benzene rings is 1. The quantitative estimate of drug-likeness (QED) is 0.811. The van der Waals surface area contributed by atoms with E-state index in [2.05, 4.69) is 5.32 Å². The van der Waals surface area contributed by atoms with Crippen molar-refractivity contribution in [3.05, 3.63) is 34.9 Å². The van der Waals surface area contributed by atoms with Crippen molar-refractivity contribution in [2.75, 3.05) is 19.6 Å². The number of carbonyl (C=O) groups excluding carboxylic acids is 3. The van der Waals surface area contributed by atoms with Crippen molar-refractivity contribution in [2.24, 2.45) is 0 Å². The number of rotatable bonds is 3. The Morgan fingerprint density at radius 2 is 1.81 bits per heavy atom. The molecule has 0 spiro atoms. The molecule has 3 atom stereocenters. The molecule has 2 heterocycles. The summed E-state index contributed by atoms with van der Waals surface area (Å²) in [7, 11) is 0. The lowest BCUT2D eigenvalue weighted by atomic mass is 9.92. The molecule has 0 bridgehead atoms. The molecule has 26 heavy (non-hydrogen) atoms. The normalized spacial score (nSPS) is 29.1. The molecule has 1 aromatic carbocycles. The lowest BCUT2D eigenvalue weighted by Gasteiger charge is -2.35. The molecule has 4 amide bonds. The van der Waals surface area contributed by atoms with Crippen LogP contribution in [0, 0.1) is 0 Å². The fraction of sp³-hybridized carbons (Fsp3) is 0.500. The monoisotopic (exact) mass is 379 g/mol. The summed E-state index contributed by atoms with van der Waals surface area (Å²) in [6.07, 6.45) is -0.157. The predicted molar refractivity (Wildman–Crippen MR) is 95.6 cm³/mol. The second kappa shape index (κ2) is 6.89. The number of morpholine rings is 1. The number of imide groups is 1. The van der Waals surface area contributed by atoms with Gasteiger partial charge in [-0.3, -0.25) is 14.5 Å². The summed E-state index contributed by atoms with van der Waals surface area (Å²) in [5.41, 5.74) is -0.600. The fourth-order valence-electron chi connectivity index (χ4n) is 3.44. The standard InChI is InChI=1S/C18H22ClN3O4/c1-11-8-21(9-12(2)26-11)15(23)10-22-16(24)18(3,20-17(22)25)13-4-6-14(19)7-5-13/h4-7,11-12H,8-10H2,1-3H3,(H,20,25)/t11-,12+,18-/m0/s1. The average Bonchev–Trinajstić information content (AvgIpc) is 2.78. The summed E-state index contributed by atoms with van der Waals surface area (Å²) in [5.74, 6) is -0.719.